The molecule has 16 heavy (non-hydrogen) atoms. The molecular weight excluding hydrogens is 236 g/mol. The number of hydrogen-bond donors (Lipinski definition) is 1. The van der Waals surface area contributed by atoms with Gasteiger partial charge < -0.3 is 9.52 Å². The lowest BCUT2D eigenvalue weighted by Crippen LogP contribution is -2.24. The van der Waals surface area contributed by atoms with Gasteiger partial charge in [-0.3, -0.25) is 9.69 Å². The fourth-order valence-electron chi connectivity index (χ4n) is 1.56. The van der Waals surface area contributed by atoms with Gasteiger partial charge in [-0.15, -0.1) is 11.6 Å². The molecule has 1 N–H and O–H groups in total. The van der Waals surface area contributed by atoms with Crippen molar-refractivity contribution in [2.45, 2.75) is 6.42 Å². The molecule has 1 aliphatic rings. The summed E-state index contributed by atoms with van der Waals surface area (Å²) in [4.78, 5) is 27.2. The van der Waals surface area contributed by atoms with Gasteiger partial charge >= 0.3 is 12.0 Å². The zero-order valence-corrected chi connectivity index (χ0v) is 8.98. The second-order valence-corrected chi connectivity index (χ2v) is 3.85. The van der Waals surface area contributed by atoms with Crippen LogP contribution in [0.15, 0.2) is 10.6 Å². The van der Waals surface area contributed by atoms with Crippen molar-refractivity contribution in [2.24, 2.45) is 5.92 Å². The summed E-state index contributed by atoms with van der Waals surface area (Å²) in [6.45, 7) is 0.419. The summed E-state index contributed by atoms with van der Waals surface area (Å²) >= 11 is 5.66. The molecule has 1 fully saturated rings. The van der Waals surface area contributed by atoms with E-state index < -0.39 is 5.97 Å². The molecule has 1 aliphatic heterocycles. The minimum absolute atomic E-state index is 0.0232. The van der Waals surface area contributed by atoms with Crippen LogP contribution in [0, 0.1) is 5.92 Å². The number of alkyl halides is 1. The van der Waals surface area contributed by atoms with E-state index in [4.69, 9.17) is 21.1 Å². The molecule has 2 heterocycles. The third-order valence-corrected chi connectivity index (χ3v) is 2.79. The topological polar surface area (TPSA) is 83.6 Å². The third-order valence-electron chi connectivity index (χ3n) is 2.36. The van der Waals surface area contributed by atoms with Crippen LogP contribution in [0.3, 0.4) is 0 Å². The van der Waals surface area contributed by atoms with Crippen molar-refractivity contribution in [1.82, 2.24) is 4.98 Å². The molecule has 1 amide bonds. The van der Waals surface area contributed by atoms with Gasteiger partial charge in [0.1, 0.15) is 0 Å². The largest absolute Gasteiger partial charge is 0.475 e. The van der Waals surface area contributed by atoms with Crippen molar-refractivity contribution < 1.29 is 19.1 Å². The number of carbonyl (C=O) groups excluding carboxylic acids is 1. The van der Waals surface area contributed by atoms with Gasteiger partial charge in [-0.25, -0.2) is 9.78 Å². The number of aromatic carboxylic acids is 1. The smallest absolute Gasteiger partial charge is 0.373 e. The number of aromatic nitrogens is 1. The highest BCUT2D eigenvalue weighted by atomic mass is 35.5. The van der Waals surface area contributed by atoms with Crippen LogP contribution in [0.2, 0.25) is 0 Å². The average molecular weight is 245 g/mol. The Morgan fingerprint density at radius 3 is 3.00 bits per heavy atom. The van der Waals surface area contributed by atoms with Crippen LogP contribution in [0.4, 0.5) is 6.01 Å². The maximum absolute atomic E-state index is 11.5. The molecule has 1 atom stereocenters. The van der Waals surface area contributed by atoms with Crippen molar-refractivity contribution in [3.05, 3.63) is 12.0 Å². The molecule has 7 heteroatoms. The second kappa shape index (κ2) is 4.13. The molecule has 0 saturated carbocycles. The predicted molar refractivity (Wildman–Crippen MR) is 54.6 cm³/mol. The Bertz CT molecular complexity index is 431. The van der Waals surface area contributed by atoms with Crippen LogP contribution in [-0.2, 0) is 4.79 Å². The molecule has 0 aliphatic carbocycles. The van der Waals surface area contributed by atoms with E-state index in [1.807, 2.05) is 0 Å². The lowest BCUT2D eigenvalue weighted by atomic mass is 10.2. The van der Waals surface area contributed by atoms with Crippen molar-refractivity contribution in [3.63, 3.8) is 0 Å². The third kappa shape index (κ3) is 1.88. The van der Waals surface area contributed by atoms with E-state index >= 15 is 0 Å². The predicted octanol–water partition coefficient (Wildman–Crippen LogP) is 0.964. The number of carbonyl (C=O) groups is 2. The first-order valence-corrected chi connectivity index (χ1v) is 5.20. The Balaban J connectivity index is 2.18. The Labute approximate surface area is 95.8 Å². The Morgan fingerprint density at radius 2 is 2.50 bits per heavy atom. The summed E-state index contributed by atoms with van der Waals surface area (Å²) in [5, 5.41) is 8.65. The molecule has 1 aromatic heterocycles. The summed E-state index contributed by atoms with van der Waals surface area (Å²) in [6.07, 6.45) is 1.42. The highest BCUT2D eigenvalue weighted by Crippen LogP contribution is 2.25. The molecule has 0 aromatic carbocycles. The van der Waals surface area contributed by atoms with E-state index in [9.17, 15) is 9.59 Å². The summed E-state index contributed by atoms with van der Waals surface area (Å²) in [7, 11) is 0. The standard InChI is InChI=1S/C9H9ClN2O4/c10-2-5-1-7(13)12(4-5)9-11-3-6(16-9)8(14)15/h3,5H,1-2,4H2,(H,14,15). The van der Waals surface area contributed by atoms with Gasteiger partial charge in [0.2, 0.25) is 11.7 Å². The van der Waals surface area contributed by atoms with Crippen LogP contribution in [0.5, 0.6) is 0 Å². The fraction of sp³-hybridized carbons (Fsp3) is 0.444. The van der Waals surface area contributed by atoms with Gasteiger partial charge in [-0.2, -0.15) is 0 Å². The van der Waals surface area contributed by atoms with E-state index in [-0.39, 0.29) is 23.6 Å². The molecule has 1 saturated heterocycles. The maximum Gasteiger partial charge on any atom is 0.373 e. The van der Waals surface area contributed by atoms with Crippen molar-refractivity contribution in [2.75, 3.05) is 17.3 Å². The molecule has 86 valence electrons. The van der Waals surface area contributed by atoms with Crippen LogP contribution in [0.25, 0.3) is 0 Å². The quantitative estimate of drug-likeness (QED) is 0.801. The first kappa shape index (κ1) is 10.9. The van der Waals surface area contributed by atoms with Crippen molar-refractivity contribution >= 4 is 29.5 Å². The number of anilines is 1. The number of nitrogens with zero attached hydrogens (tertiary/aromatic N) is 2. The second-order valence-electron chi connectivity index (χ2n) is 3.54. The van der Waals surface area contributed by atoms with E-state index in [0.717, 1.165) is 6.20 Å². The van der Waals surface area contributed by atoms with Crippen LogP contribution in [0.1, 0.15) is 17.0 Å². The zero-order chi connectivity index (χ0) is 11.7. The number of oxazole rings is 1. The Hall–Kier alpha value is -1.56. The maximum atomic E-state index is 11.5. The van der Waals surface area contributed by atoms with Gasteiger partial charge in [-0.05, 0) is 5.92 Å². The normalized spacial score (nSPS) is 20.4. The number of carboxylic acid groups (broad SMARTS) is 1. The summed E-state index contributed by atoms with van der Waals surface area (Å²) in [5.74, 6) is -1.19. The highest BCUT2D eigenvalue weighted by Gasteiger charge is 2.33. The molecule has 1 aromatic rings. The summed E-state index contributed by atoms with van der Waals surface area (Å²) in [5.41, 5.74) is 0. The summed E-state index contributed by atoms with van der Waals surface area (Å²) in [6, 6.07) is 0.0232. The number of amides is 1. The Morgan fingerprint density at radius 1 is 1.75 bits per heavy atom. The van der Waals surface area contributed by atoms with Crippen molar-refractivity contribution in [3.8, 4) is 0 Å². The van der Waals surface area contributed by atoms with Gasteiger partial charge in [-0.1, -0.05) is 0 Å². The number of halogens is 1. The number of rotatable bonds is 3. The van der Waals surface area contributed by atoms with Crippen LogP contribution < -0.4 is 4.90 Å². The minimum atomic E-state index is -1.21. The van der Waals surface area contributed by atoms with Gasteiger partial charge in [0, 0.05) is 18.8 Å². The molecule has 1 unspecified atom stereocenters. The molecule has 6 nitrogen and oxygen atoms in total. The van der Waals surface area contributed by atoms with Crippen LogP contribution in [-0.4, -0.2) is 34.4 Å². The summed E-state index contributed by atoms with van der Waals surface area (Å²) < 4.78 is 4.94. The van der Waals surface area contributed by atoms with E-state index in [1.165, 1.54) is 4.90 Å². The van der Waals surface area contributed by atoms with E-state index in [1.54, 1.807) is 0 Å². The SMILES string of the molecule is O=C(O)c1cnc(N2CC(CCl)CC2=O)o1. The van der Waals surface area contributed by atoms with Gasteiger partial charge in [0.05, 0.1) is 6.20 Å². The van der Waals surface area contributed by atoms with Crippen molar-refractivity contribution in [1.29, 1.82) is 0 Å². The van der Waals surface area contributed by atoms with Gasteiger partial charge in [0.15, 0.2) is 0 Å². The molecule has 2 rings (SSSR count). The van der Waals surface area contributed by atoms with Gasteiger partial charge in [0.25, 0.3) is 0 Å². The number of hydrogen-bond acceptors (Lipinski definition) is 4. The van der Waals surface area contributed by atoms with E-state index in [0.29, 0.717) is 18.8 Å². The highest BCUT2D eigenvalue weighted by molar-refractivity contribution is 6.18. The first-order chi connectivity index (χ1) is 7.61. The number of carboxylic acids is 1. The lowest BCUT2D eigenvalue weighted by Gasteiger charge is -2.10. The fourth-order valence-corrected chi connectivity index (χ4v) is 1.77. The first-order valence-electron chi connectivity index (χ1n) is 4.67. The van der Waals surface area contributed by atoms with Crippen LogP contribution >= 0.6 is 11.6 Å². The Kier molecular flexibility index (Phi) is 2.82. The molecular formula is C9H9ClN2O4. The average Bonchev–Trinajstić information content (AvgIpc) is 2.83. The molecule has 0 spiro atoms. The zero-order valence-electron chi connectivity index (χ0n) is 8.22. The lowest BCUT2D eigenvalue weighted by molar-refractivity contribution is -0.117. The monoisotopic (exact) mass is 244 g/mol. The van der Waals surface area contributed by atoms with E-state index in [2.05, 4.69) is 4.98 Å². The minimum Gasteiger partial charge on any atom is -0.475 e. The molecule has 0 radical (unpaired) electrons. The molecule has 0 bridgehead atoms.